The molecule has 3 N–H and O–H groups in total. The van der Waals surface area contributed by atoms with Crippen LogP contribution in [-0.4, -0.2) is 17.4 Å². The molecule has 0 bridgehead atoms. The van der Waals surface area contributed by atoms with Crippen LogP contribution in [0.1, 0.15) is 67.9 Å². The molecule has 1 rings (SSSR count). The molecule has 0 fully saturated rings. The number of benzene rings is 1. The van der Waals surface area contributed by atoms with E-state index in [4.69, 9.17) is 5.73 Å². The number of aldehydes is 1. The molecular formula is C17H25NO3. The van der Waals surface area contributed by atoms with Gasteiger partial charge in [-0.3, -0.25) is 0 Å². The van der Waals surface area contributed by atoms with Gasteiger partial charge >= 0.3 is 5.97 Å². The van der Waals surface area contributed by atoms with Crippen LogP contribution in [0.25, 0.3) is 0 Å². The zero-order valence-electron chi connectivity index (χ0n) is 13.1. The van der Waals surface area contributed by atoms with Gasteiger partial charge in [0, 0.05) is 12.1 Å². The van der Waals surface area contributed by atoms with E-state index in [-0.39, 0.29) is 11.0 Å². The number of carbonyl (C=O) groups excluding carboxylic acids is 1. The van der Waals surface area contributed by atoms with Gasteiger partial charge < -0.3 is 15.6 Å². The molecule has 0 aliphatic carbocycles. The van der Waals surface area contributed by atoms with Crippen molar-refractivity contribution in [3.05, 3.63) is 28.8 Å². The smallest absolute Gasteiger partial charge is 0.337 e. The molecule has 116 valence electrons. The summed E-state index contributed by atoms with van der Waals surface area (Å²) in [5.41, 5.74) is 8.59. The maximum atomic E-state index is 11.2. The Morgan fingerprint density at radius 3 is 2.43 bits per heavy atom. The molecule has 0 radical (unpaired) electrons. The van der Waals surface area contributed by atoms with E-state index < -0.39 is 5.97 Å². The molecule has 0 amide bonds. The first-order chi connectivity index (χ1) is 9.79. The molecule has 1 aromatic carbocycles. The van der Waals surface area contributed by atoms with Crippen molar-refractivity contribution in [1.82, 2.24) is 0 Å². The summed E-state index contributed by atoms with van der Waals surface area (Å²) in [7, 11) is 0. The summed E-state index contributed by atoms with van der Waals surface area (Å²) in [6.07, 6.45) is 4.98. The van der Waals surface area contributed by atoms with Crippen LogP contribution < -0.4 is 5.73 Å². The number of hydrogen-bond donors (Lipinski definition) is 2. The Morgan fingerprint density at radius 1 is 1.24 bits per heavy atom. The predicted octanol–water partition coefficient (Wildman–Crippen LogP) is 3.57. The number of carboxylic acids is 1. The average molecular weight is 291 g/mol. The number of anilines is 1. The van der Waals surface area contributed by atoms with Crippen LogP contribution >= 0.6 is 0 Å². The third-order valence-electron chi connectivity index (χ3n) is 3.64. The quantitative estimate of drug-likeness (QED) is 0.457. The summed E-state index contributed by atoms with van der Waals surface area (Å²) in [5, 5.41) is 9.21. The first-order valence-electron chi connectivity index (χ1n) is 7.37. The van der Waals surface area contributed by atoms with E-state index in [0.29, 0.717) is 12.1 Å². The van der Waals surface area contributed by atoms with Crippen LogP contribution in [0.4, 0.5) is 5.69 Å². The van der Waals surface area contributed by atoms with Crippen LogP contribution in [0.3, 0.4) is 0 Å². The molecule has 0 atom stereocenters. The molecular weight excluding hydrogens is 266 g/mol. The normalized spacial score (nSPS) is 11.4. The van der Waals surface area contributed by atoms with Crippen molar-refractivity contribution in [3.8, 4) is 0 Å². The summed E-state index contributed by atoms with van der Waals surface area (Å²) >= 11 is 0. The van der Waals surface area contributed by atoms with Crippen molar-refractivity contribution < 1.29 is 14.7 Å². The number of hydrogen-bond acceptors (Lipinski definition) is 3. The summed E-state index contributed by atoms with van der Waals surface area (Å²) in [6, 6.07) is 3.47. The Hall–Kier alpha value is -1.84. The van der Waals surface area contributed by atoms with Crippen LogP contribution in [0.5, 0.6) is 0 Å². The van der Waals surface area contributed by atoms with Gasteiger partial charge in [-0.15, -0.1) is 0 Å². The zero-order chi connectivity index (χ0) is 16.0. The van der Waals surface area contributed by atoms with Crippen LogP contribution in [-0.2, 0) is 16.6 Å². The Morgan fingerprint density at radius 2 is 1.90 bits per heavy atom. The lowest BCUT2D eigenvalue weighted by Crippen LogP contribution is -2.17. The maximum absolute atomic E-state index is 11.2. The van der Waals surface area contributed by atoms with E-state index in [1.807, 2.05) is 6.07 Å². The summed E-state index contributed by atoms with van der Waals surface area (Å²) < 4.78 is 0. The molecule has 0 aromatic heterocycles. The van der Waals surface area contributed by atoms with Crippen molar-refractivity contribution in [2.75, 3.05) is 5.73 Å². The monoisotopic (exact) mass is 291 g/mol. The fourth-order valence-corrected chi connectivity index (χ4v) is 2.53. The molecule has 0 aliphatic rings. The summed E-state index contributed by atoms with van der Waals surface area (Å²) in [6.45, 7) is 6.29. The number of rotatable bonds is 7. The minimum atomic E-state index is -0.991. The highest BCUT2D eigenvalue weighted by atomic mass is 16.4. The summed E-state index contributed by atoms with van der Waals surface area (Å²) in [4.78, 5) is 21.5. The molecule has 0 saturated carbocycles. The van der Waals surface area contributed by atoms with Gasteiger partial charge in [0.2, 0.25) is 0 Å². The van der Waals surface area contributed by atoms with Gasteiger partial charge in [-0.05, 0) is 41.9 Å². The Bertz CT molecular complexity index is 516. The fraction of sp³-hybridized carbons (Fsp3) is 0.529. The van der Waals surface area contributed by atoms with Crippen LogP contribution in [0.2, 0.25) is 0 Å². The maximum Gasteiger partial charge on any atom is 0.337 e. The molecule has 0 unspecified atom stereocenters. The highest BCUT2D eigenvalue weighted by Crippen LogP contribution is 2.32. The van der Waals surface area contributed by atoms with E-state index in [1.54, 1.807) is 6.07 Å². The minimum Gasteiger partial charge on any atom is -0.478 e. The fourth-order valence-electron chi connectivity index (χ4n) is 2.53. The second-order valence-corrected chi connectivity index (χ2v) is 6.37. The standard InChI is InChI=1S/C17H25NO3/c1-17(2,3)14-10-9-13(16(20)21)15(18)12(14)8-6-4-5-7-11-19/h9-11H,4-8,18H2,1-3H3,(H,20,21). The van der Waals surface area contributed by atoms with Crippen LogP contribution in [0, 0.1) is 0 Å². The summed E-state index contributed by atoms with van der Waals surface area (Å²) in [5.74, 6) is -0.991. The van der Waals surface area contributed by atoms with E-state index in [1.165, 1.54) is 0 Å². The highest BCUT2D eigenvalue weighted by molar-refractivity contribution is 5.94. The third kappa shape index (κ3) is 4.59. The number of unbranched alkanes of at least 4 members (excludes halogenated alkanes) is 3. The molecule has 0 aliphatic heterocycles. The van der Waals surface area contributed by atoms with Gasteiger partial charge in [0.05, 0.1) is 5.56 Å². The van der Waals surface area contributed by atoms with E-state index in [2.05, 4.69) is 20.8 Å². The zero-order valence-corrected chi connectivity index (χ0v) is 13.1. The van der Waals surface area contributed by atoms with Crippen LogP contribution in [0.15, 0.2) is 12.1 Å². The average Bonchev–Trinajstić information content (AvgIpc) is 2.38. The Kier molecular flexibility index (Phi) is 5.94. The predicted molar refractivity (Wildman–Crippen MR) is 84.7 cm³/mol. The molecule has 4 heteroatoms. The number of nitrogens with two attached hydrogens (primary N) is 1. The minimum absolute atomic E-state index is 0.0801. The second-order valence-electron chi connectivity index (χ2n) is 6.37. The number of nitrogen functional groups attached to an aromatic ring is 1. The number of carbonyl (C=O) groups is 2. The molecule has 0 heterocycles. The van der Waals surface area contributed by atoms with Crippen molar-refractivity contribution in [3.63, 3.8) is 0 Å². The van der Waals surface area contributed by atoms with Gasteiger partial charge in [0.25, 0.3) is 0 Å². The molecule has 0 spiro atoms. The second kappa shape index (κ2) is 7.25. The third-order valence-corrected chi connectivity index (χ3v) is 3.64. The topological polar surface area (TPSA) is 80.4 Å². The lowest BCUT2D eigenvalue weighted by Gasteiger charge is -2.25. The molecule has 0 saturated heterocycles. The van der Waals surface area contributed by atoms with Crippen molar-refractivity contribution >= 4 is 17.9 Å². The lowest BCUT2D eigenvalue weighted by molar-refractivity contribution is -0.107. The van der Waals surface area contributed by atoms with E-state index in [0.717, 1.165) is 43.1 Å². The van der Waals surface area contributed by atoms with Gasteiger partial charge in [0.1, 0.15) is 6.29 Å². The molecule has 1 aromatic rings. The van der Waals surface area contributed by atoms with Gasteiger partial charge in [0.15, 0.2) is 0 Å². The van der Waals surface area contributed by atoms with Crippen molar-refractivity contribution in [2.24, 2.45) is 0 Å². The SMILES string of the molecule is CC(C)(C)c1ccc(C(=O)O)c(N)c1CCCCCC=O. The van der Waals surface area contributed by atoms with Crippen molar-refractivity contribution in [2.45, 2.75) is 58.3 Å². The van der Waals surface area contributed by atoms with E-state index >= 15 is 0 Å². The number of aromatic carboxylic acids is 1. The Labute approximate surface area is 126 Å². The number of carboxylic acid groups (broad SMARTS) is 1. The van der Waals surface area contributed by atoms with Gasteiger partial charge in [-0.2, -0.15) is 0 Å². The first-order valence-corrected chi connectivity index (χ1v) is 7.37. The van der Waals surface area contributed by atoms with Crippen molar-refractivity contribution in [1.29, 1.82) is 0 Å². The van der Waals surface area contributed by atoms with E-state index in [9.17, 15) is 14.7 Å². The lowest BCUT2D eigenvalue weighted by atomic mass is 9.81. The first kappa shape index (κ1) is 17.2. The largest absolute Gasteiger partial charge is 0.478 e. The Balaban J connectivity index is 3.03. The molecule has 4 nitrogen and oxygen atoms in total. The highest BCUT2D eigenvalue weighted by Gasteiger charge is 2.22. The van der Waals surface area contributed by atoms with Gasteiger partial charge in [-0.25, -0.2) is 4.79 Å². The molecule has 21 heavy (non-hydrogen) atoms. The van der Waals surface area contributed by atoms with Gasteiger partial charge in [-0.1, -0.05) is 33.3 Å².